The SMILES string of the molecule is Cc1ccc(Cl)c(OC(C)C(=O)N2C[C@@H](C)[C@H](C(=O)O)C2)c1. The fraction of sp³-hybridized carbons (Fsp3) is 0.500. The number of hydrogen-bond donors (Lipinski definition) is 1. The van der Waals surface area contributed by atoms with Crippen LogP contribution in [0.3, 0.4) is 0 Å². The Kier molecular flexibility index (Phi) is 4.96. The lowest BCUT2D eigenvalue weighted by atomic mass is 9.99. The molecule has 2 rings (SSSR count). The first kappa shape index (κ1) is 16.6. The van der Waals surface area contributed by atoms with Crippen LogP contribution in [-0.2, 0) is 9.59 Å². The lowest BCUT2D eigenvalue weighted by Gasteiger charge is -2.22. The number of likely N-dealkylation sites (tertiary alicyclic amines) is 1. The molecule has 0 aliphatic carbocycles. The van der Waals surface area contributed by atoms with Crippen LogP contribution in [0.25, 0.3) is 0 Å². The first-order chi connectivity index (χ1) is 10.3. The summed E-state index contributed by atoms with van der Waals surface area (Å²) in [5.74, 6) is -1.19. The van der Waals surface area contributed by atoms with E-state index >= 15 is 0 Å². The Labute approximate surface area is 134 Å². The third-order valence-electron chi connectivity index (χ3n) is 3.98. The van der Waals surface area contributed by atoms with Crippen LogP contribution in [0.15, 0.2) is 18.2 Å². The predicted molar refractivity (Wildman–Crippen MR) is 83.1 cm³/mol. The highest BCUT2D eigenvalue weighted by Crippen LogP contribution is 2.28. The molecular formula is C16H20ClNO4. The number of aliphatic carboxylic acids is 1. The number of hydrogen-bond acceptors (Lipinski definition) is 3. The number of nitrogens with zero attached hydrogens (tertiary/aromatic N) is 1. The van der Waals surface area contributed by atoms with E-state index in [1.165, 1.54) is 0 Å². The van der Waals surface area contributed by atoms with Crippen LogP contribution >= 0.6 is 11.6 Å². The average molecular weight is 326 g/mol. The van der Waals surface area contributed by atoms with Crippen molar-refractivity contribution in [3.8, 4) is 5.75 Å². The average Bonchev–Trinajstić information content (AvgIpc) is 2.84. The van der Waals surface area contributed by atoms with Crippen LogP contribution in [0.1, 0.15) is 19.4 Å². The van der Waals surface area contributed by atoms with Crippen molar-refractivity contribution in [2.24, 2.45) is 11.8 Å². The Morgan fingerprint density at radius 2 is 2.09 bits per heavy atom. The van der Waals surface area contributed by atoms with E-state index in [9.17, 15) is 9.59 Å². The smallest absolute Gasteiger partial charge is 0.308 e. The van der Waals surface area contributed by atoms with E-state index in [1.807, 2.05) is 19.9 Å². The maximum absolute atomic E-state index is 12.4. The van der Waals surface area contributed by atoms with Crippen LogP contribution in [0.5, 0.6) is 5.75 Å². The second-order valence-corrected chi connectivity index (χ2v) is 6.27. The van der Waals surface area contributed by atoms with Gasteiger partial charge in [-0.25, -0.2) is 0 Å². The molecule has 1 N–H and O–H groups in total. The molecule has 1 aliphatic rings. The molecule has 3 atom stereocenters. The van der Waals surface area contributed by atoms with Gasteiger partial charge in [-0.05, 0) is 37.5 Å². The molecule has 1 amide bonds. The van der Waals surface area contributed by atoms with E-state index in [2.05, 4.69) is 0 Å². The van der Waals surface area contributed by atoms with Crippen molar-refractivity contribution in [3.63, 3.8) is 0 Å². The summed E-state index contributed by atoms with van der Waals surface area (Å²) in [6, 6.07) is 5.36. The van der Waals surface area contributed by atoms with Gasteiger partial charge in [-0.15, -0.1) is 0 Å². The van der Waals surface area contributed by atoms with E-state index in [-0.39, 0.29) is 18.4 Å². The molecule has 6 heteroatoms. The van der Waals surface area contributed by atoms with Gasteiger partial charge in [-0.3, -0.25) is 9.59 Å². The summed E-state index contributed by atoms with van der Waals surface area (Å²) in [6.45, 7) is 6.07. The fourth-order valence-corrected chi connectivity index (χ4v) is 2.83. The zero-order valence-electron chi connectivity index (χ0n) is 12.9. The molecule has 1 saturated heterocycles. The number of carbonyl (C=O) groups excluding carboxylic acids is 1. The van der Waals surface area contributed by atoms with Gasteiger partial charge in [0.2, 0.25) is 0 Å². The number of carboxylic acid groups (broad SMARTS) is 1. The Morgan fingerprint density at radius 3 is 2.68 bits per heavy atom. The maximum Gasteiger partial charge on any atom is 0.308 e. The number of aryl methyl sites for hydroxylation is 1. The molecule has 0 spiro atoms. The van der Waals surface area contributed by atoms with Gasteiger partial charge in [0.1, 0.15) is 5.75 Å². The Bertz CT molecular complexity index is 590. The van der Waals surface area contributed by atoms with Gasteiger partial charge >= 0.3 is 5.97 Å². The van der Waals surface area contributed by atoms with Crippen molar-refractivity contribution < 1.29 is 19.4 Å². The van der Waals surface area contributed by atoms with Crippen molar-refractivity contribution in [2.45, 2.75) is 26.9 Å². The number of amides is 1. The lowest BCUT2D eigenvalue weighted by Crippen LogP contribution is -2.39. The number of carboxylic acids is 1. The molecule has 22 heavy (non-hydrogen) atoms. The fourth-order valence-electron chi connectivity index (χ4n) is 2.67. The molecule has 1 aromatic carbocycles. The quantitative estimate of drug-likeness (QED) is 0.924. The van der Waals surface area contributed by atoms with Gasteiger partial charge in [0.25, 0.3) is 5.91 Å². The van der Waals surface area contributed by atoms with Crippen LogP contribution in [0, 0.1) is 18.8 Å². The number of benzene rings is 1. The third kappa shape index (κ3) is 3.53. The molecule has 1 fully saturated rings. The van der Waals surface area contributed by atoms with E-state index in [0.29, 0.717) is 17.3 Å². The molecule has 0 bridgehead atoms. The third-order valence-corrected chi connectivity index (χ3v) is 4.29. The van der Waals surface area contributed by atoms with Gasteiger partial charge < -0.3 is 14.7 Å². The van der Waals surface area contributed by atoms with E-state index in [4.69, 9.17) is 21.4 Å². The zero-order valence-corrected chi connectivity index (χ0v) is 13.6. The van der Waals surface area contributed by atoms with Crippen LogP contribution in [0.4, 0.5) is 0 Å². The molecule has 5 nitrogen and oxygen atoms in total. The second-order valence-electron chi connectivity index (χ2n) is 5.86. The number of rotatable bonds is 4. The Balaban J connectivity index is 2.04. The molecule has 1 aliphatic heterocycles. The molecule has 0 saturated carbocycles. The largest absolute Gasteiger partial charge is 0.481 e. The zero-order chi connectivity index (χ0) is 16.4. The standard InChI is InChI=1S/C16H20ClNO4/c1-9-4-5-13(17)14(6-9)22-11(3)15(19)18-7-10(2)12(8-18)16(20)21/h4-6,10-12H,7-8H2,1-3H3,(H,20,21)/t10-,11?,12-/m1/s1. The summed E-state index contributed by atoms with van der Waals surface area (Å²) in [5.41, 5.74) is 0.986. The summed E-state index contributed by atoms with van der Waals surface area (Å²) < 4.78 is 5.66. The molecular weight excluding hydrogens is 306 g/mol. The summed E-state index contributed by atoms with van der Waals surface area (Å²) in [4.78, 5) is 25.1. The highest BCUT2D eigenvalue weighted by molar-refractivity contribution is 6.32. The molecule has 1 aromatic rings. The molecule has 0 radical (unpaired) electrons. The van der Waals surface area contributed by atoms with Gasteiger partial charge in [0, 0.05) is 13.1 Å². The number of halogens is 1. The Morgan fingerprint density at radius 1 is 1.41 bits per heavy atom. The van der Waals surface area contributed by atoms with Crippen molar-refractivity contribution in [2.75, 3.05) is 13.1 Å². The van der Waals surface area contributed by atoms with E-state index < -0.39 is 18.0 Å². The van der Waals surface area contributed by atoms with Crippen molar-refractivity contribution in [1.82, 2.24) is 4.90 Å². The topological polar surface area (TPSA) is 66.8 Å². The van der Waals surface area contributed by atoms with Gasteiger partial charge in [-0.1, -0.05) is 24.6 Å². The minimum Gasteiger partial charge on any atom is -0.481 e. The molecule has 1 heterocycles. The molecule has 1 unspecified atom stereocenters. The van der Waals surface area contributed by atoms with E-state index in [1.54, 1.807) is 24.0 Å². The minimum absolute atomic E-state index is 0.0591. The highest BCUT2D eigenvalue weighted by atomic mass is 35.5. The first-order valence-corrected chi connectivity index (χ1v) is 7.61. The van der Waals surface area contributed by atoms with Crippen LogP contribution in [-0.4, -0.2) is 41.1 Å². The monoisotopic (exact) mass is 325 g/mol. The number of carbonyl (C=O) groups is 2. The van der Waals surface area contributed by atoms with Crippen LogP contribution < -0.4 is 4.74 Å². The van der Waals surface area contributed by atoms with Crippen molar-refractivity contribution in [1.29, 1.82) is 0 Å². The van der Waals surface area contributed by atoms with Crippen molar-refractivity contribution >= 4 is 23.5 Å². The normalized spacial score (nSPS) is 22.5. The lowest BCUT2D eigenvalue weighted by molar-refractivity contribution is -0.142. The summed E-state index contributed by atoms with van der Waals surface area (Å²) in [6.07, 6.45) is -0.709. The maximum atomic E-state index is 12.4. The van der Waals surface area contributed by atoms with Gasteiger partial charge in [0.05, 0.1) is 10.9 Å². The second kappa shape index (κ2) is 6.57. The predicted octanol–water partition coefficient (Wildman–Crippen LogP) is 2.59. The minimum atomic E-state index is -0.863. The Hall–Kier alpha value is -1.75. The van der Waals surface area contributed by atoms with Gasteiger partial charge in [0.15, 0.2) is 6.10 Å². The van der Waals surface area contributed by atoms with Crippen LogP contribution in [0.2, 0.25) is 5.02 Å². The summed E-state index contributed by atoms with van der Waals surface area (Å²) in [5, 5.41) is 9.58. The first-order valence-electron chi connectivity index (χ1n) is 7.24. The molecule has 120 valence electrons. The number of ether oxygens (including phenoxy) is 1. The van der Waals surface area contributed by atoms with Gasteiger partial charge in [-0.2, -0.15) is 0 Å². The summed E-state index contributed by atoms with van der Waals surface area (Å²) >= 11 is 6.06. The van der Waals surface area contributed by atoms with Crippen molar-refractivity contribution in [3.05, 3.63) is 28.8 Å². The molecule has 0 aromatic heterocycles. The highest BCUT2D eigenvalue weighted by Gasteiger charge is 2.38. The van der Waals surface area contributed by atoms with E-state index in [0.717, 1.165) is 5.56 Å². The summed E-state index contributed by atoms with van der Waals surface area (Å²) in [7, 11) is 0.